The second kappa shape index (κ2) is 5.60. The van der Waals surface area contributed by atoms with Crippen LogP contribution in [0.3, 0.4) is 0 Å². The van der Waals surface area contributed by atoms with Gasteiger partial charge in [-0.25, -0.2) is 4.39 Å². The number of hydrogen-bond acceptors (Lipinski definition) is 1. The van der Waals surface area contributed by atoms with E-state index in [1.807, 2.05) is 0 Å². The van der Waals surface area contributed by atoms with E-state index >= 15 is 0 Å². The predicted octanol–water partition coefficient (Wildman–Crippen LogP) is 3.67. The molecule has 1 atom stereocenters. The molecule has 0 heterocycles. The minimum atomic E-state index is -0.227. The van der Waals surface area contributed by atoms with E-state index in [4.69, 9.17) is 5.73 Å². The minimum absolute atomic E-state index is 0.0874. The molecule has 0 saturated heterocycles. The summed E-state index contributed by atoms with van der Waals surface area (Å²) in [5.41, 5.74) is 8.25. The first-order chi connectivity index (χ1) is 8.15. The summed E-state index contributed by atoms with van der Waals surface area (Å²) in [6, 6.07) is 14.6. The number of benzene rings is 2. The number of halogens is 2. The Hall–Kier alpha value is -0.940. The number of rotatable bonds is 3. The summed E-state index contributed by atoms with van der Waals surface area (Å²) < 4.78 is 14.0. The van der Waals surface area contributed by atoms with Gasteiger partial charge < -0.3 is 5.73 Å². The second-order valence-electron chi connectivity index (χ2n) is 3.99. The highest BCUT2D eigenvalue weighted by molar-refractivity contribution is 14.1. The Labute approximate surface area is 114 Å². The van der Waals surface area contributed by atoms with Gasteiger partial charge in [-0.3, -0.25) is 0 Å². The van der Waals surface area contributed by atoms with Gasteiger partial charge in [0.05, 0.1) is 0 Å². The van der Waals surface area contributed by atoms with Gasteiger partial charge in [0.2, 0.25) is 0 Å². The molecule has 3 heteroatoms. The van der Waals surface area contributed by atoms with Gasteiger partial charge in [-0.05, 0) is 64.4 Å². The van der Waals surface area contributed by atoms with Gasteiger partial charge >= 0.3 is 0 Å². The SMILES string of the molecule is NC(Cc1ccc(I)cc1)c1ccc(F)cc1. The molecule has 0 bridgehead atoms. The molecule has 0 aliphatic carbocycles. The molecule has 0 aromatic heterocycles. The summed E-state index contributed by atoms with van der Waals surface area (Å²) in [5.74, 6) is -0.227. The lowest BCUT2D eigenvalue weighted by Crippen LogP contribution is -2.13. The summed E-state index contributed by atoms with van der Waals surface area (Å²) >= 11 is 2.27. The van der Waals surface area contributed by atoms with Crippen LogP contribution in [0.4, 0.5) is 4.39 Å². The Morgan fingerprint density at radius 3 is 2.18 bits per heavy atom. The van der Waals surface area contributed by atoms with Crippen LogP contribution in [-0.4, -0.2) is 0 Å². The third-order valence-corrected chi connectivity index (χ3v) is 3.39. The van der Waals surface area contributed by atoms with E-state index in [1.54, 1.807) is 12.1 Å². The summed E-state index contributed by atoms with van der Waals surface area (Å²) in [4.78, 5) is 0. The third kappa shape index (κ3) is 3.51. The zero-order chi connectivity index (χ0) is 12.3. The van der Waals surface area contributed by atoms with Crippen LogP contribution in [0.2, 0.25) is 0 Å². The second-order valence-corrected chi connectivity index (χ2v) is 5.23. The quantitative estimate of drug-likeness (QED) is 0.847. The van der Waals surface area contributed by atoms with Crippen molar-refractivity contribution in [3.05, 3.63) is 69.0 Å². The highest BCUT2D eigenvalue weighted by atomic mass is 127. The molecule has 2 aromatic rings. The first kappa shape index (κ1) is 12.5. The van der Waals surface area contributed by atoms with Crippen LogP contribution in [-0.2, 0) is 6.42 Å². The van der Waals surface area contributed by atoms with Crippen LogP contribution in [0.1, 0.15) is 17.2 Å². The Balaban J connectivity index is 2.08. The van der Waals surface area contributed by atoms with E-state index in [0.29, 0.717) is 0 Å². The maximum absolute atomic E-state index is 12.8. The van der Waals surface area contributed by atoms with Crippen molar-refractivity contribution in [3.8, 4) is 0 Å². The van der Waals surface area contributed by atoms with Gasteiger partial charge in [-0.1, -0.05) is 24.3 Å². The molecular formula is C14H13FIN. The van der Waals surface area contributed by atoms with E-state index < -0.39 is 0 Å². The van der Waals surface area contributed by atoms with Crippen LogP contribution in [0.25, 0.3) is 0 Å². The largest absolute Gasteiger partial charge is 0.324 e. The van der Waals surface area contributed by atoms with Crippen LogP contribution in [0, 0.1) is 9.39 Å². The maximum Gasteiger partial charge on any atom is 0.123 e. The Morgan fingerprint density at radius 1 is 1.00 bits per heavy atom. The van der Waals surface area contributed by atoms with Crippen molar-refractivity contribution in [1.29, 1.82) is 0 Å². The first-order valence-corrected chi connectivity index (χ1v) is 6.48. The summed E-state index contributed by atoms with van der Waals surface area (Å²) in [6.07, 6.45) is 0.766. The van der Waals surface area contributed by atoms with Gasteiger partial charge in [-0.15, -0.1) is 0 Å². The molecule has 0 spiro atoms. The predicted molar refractivity (Wildman–Crippen MR) is 76.2 cm³/mol. The fourth-order valence-electron chi connectivity index (χ4n) is 1.70. The van der Waals surface area contributed by atoms with Crippen molar-refractivity contribution in [2.75, 3.05) is 0 Å². The van der Waals surface area contributed by atoms with Crippen molar-refractivity contribution in [2.45, 2.75) is 12.5 Å². The number of nitrogens with two attached hydrogens (primary N) is 1. The van der Waals surface area contributed by atoms with Gasteiger partial charge in [0.15, 0.2) is 0 Å². The molecule has 0 aliphatic rings. The maximum atomic E-state index is 12.8. The first-order valence-electron chi connectivity index (χ1n) is 5.40. The average molecular weight is 341 g/mol. The molecule has 88 valence electrons. The highest BCUT2D eigenvalue weighted by Crippen LogP contribution is 2.17. The van der Waals surface area contributed by atoms with Crippen LogP contribution < -0.4 is 5.73 Å². The molecule has 0 aliphatic heterocycles. The lowest BCUT2D eigenvalue weighted by atomic mass is 10.00. The molecule has 0 fully saturated rings. The summed E-state index contributed by atoms with van der Waals surface area (Å²) in [5, 5.41) is 0. The van der Waals surface area contributed by atoms with Gasteiger partial charge in [0.1, 0.15) is 5.82 Å². The van der Waals surface area contributed by atoms with Crippen LogP contribution >= 0.6 is 22.6 Å². The average Bonchev–Trinajstić information content (AvgIpc) is 2.33. The standard InChI is InChI=1S/C14H13FIN/c15-12-5-3-11(4-6-12)14(17)9-10-1-7-13(16)8-2-10/h1-8,14H,9,17H2. The van der Waals surface area contributed by atoms with E-state index in [-0.39, 0.29) is 11.9 Å². The normalized spacial score (nSPS) is 12.4. The monoisotopic (exact) mass is 341 g/mol. The zero-order valence-corrected chi connectivity index (χ0v) is 11.4. The molecule has 2 N–H and O–H groups in total. The fraction of sp³-hybridized carbons (Fsp3) is 0.143. The molecule has 0 radical (unpaired) electrons. The van der Waals surface area contributed by atoms with Crippen LogP contribution in [0.5, 0.6) is 0 Å². The highest BCUT2D eigenvalue weighted by Gasteiger charge is 2.07. The van der Waals surface area contributed by atoms with Crippen molar-refractivity contribution in [2.24, 2.45) is 5.73 Å². The zero-order valence-electron chi connectivity index (χ0n) is 9.24. The van der Waals surface area contributed by atoms with Gasteiger partial charge in [0.25, 0.3) is 0 Å². The topological polar surface area (TPSA) is 26.0 Å². The van der Waals surface area contributed by atoms with E-state index in [9.17, 15) is 4.39 Å². The molecule has 0 amide bonds. The molecule has 17 heavy (non-hydrogen) atoms. The van der Waals surface area contributed by atoms with Crippen molar-refractivity contribution in [3.63, 3.8) is 0 Å². The molecular weight excluding hydrogens is 328 g/mol. The van der Waals surface area contributed by atoms with Crippen molar-refractivity contribution < 1.29 is 4.39 Å². The van der Waals surface area contributed by atoms with Crippen LogP contribution in [0.15, 0.2) is 48.5 Å². The third-order valence-electron chi connectivity index (χ3n) is 2.67. The Morgan fingerprint density at radius 2 is 1.59 bits per heavy atom. The Kier molecular flexibility index (Phi) is 4.12. The summed E-state index contributed by atoms with van der Waals surface area (Å²) in [7, 11) is 0. The molecule has 1 unspecified atom stereocenters. The lowest BCUT2D eigenvalue weighted by Gasteiger charge is -2.12. The fourth-order valence-corrected chi connectivity index (χ4v) is 2.06. The molecule has 2 aromatic carbocycles. The lowest BCUT2D eigenvalue weighted by molar-refractivity contribution is 0.624. The van der Waals surface area contributed by atoms with Gasteiger partial charge in [0, 0.05) is 9.61 Å². The minimum Gasteiger partial charge on any atom is -0.324 e. The molecule has 2 rings (SSSR count). The summed E-state index contributed by atoms with van der Waals surface area (Å²) in [6.45, 7) is 0. The molecule has 0 saturated carbocycles. The van der Waals surface area contributed by atoms with Gasteiger partial charge in [-0.2, -0.15) is 0 Å². The van der Waals surface area contributed by atoms with Crippen molar-refractivity contribution >= 4 is 22.6 Å². The molecule has 1 nitrogen and oxygen atoms in total. The van der Waals surface area contributed by atoms with Crippen molar-refractivity contribution in [1.82, 2.24) is 0 Å². The number of hydrogen-bond donors (Lipinski definition) is 1. The smallest absolute Gasteiger partial charge is 0.123 e. The van der Waals surface area contributed by atoms with E-state index in [2.05, 4.69) is 46.9 Å². The van der Waals surface area contributed by atoms with E-state index in [1.165, 1.54) is 21.3 Å². The van der Waals surface area contributed by atoms with E-state index in [0.717, 1.165) is 12.0 Å². The Bertz CT molecular complexity index is 479.